The van der Waals surface area contributed by atoms with Gasteiger partial charge in [0.05, 0.1) is 19.7 Å². The molecule has 0 aliphatic carbocycles. The number of ether oxygens (including phenoxy) is 2. The molecule has 0 saturated carbocycles. The van der Waals surface area contributed by atoms with Crippen LogP contribution in [-0.4, -0.2) is 38.2 Å². The van der Waals surface area contributed by atoms with Crippen molar-refractivity contribution in [3.8, 4) is 11.5 Å². The van der Waals surface area contributed by atoms with E-state index in [9.17, 15) is 4.79 Å². The molecule has 1 amide bonds. The van der Waals surface area contributed by atoms with Gasteiger partial charge in [0.1, 0.15) is 17.3 Å². The first-order valence-electron chi connectivity index (χ1n) is 10.7. The lowest BCUT2D eigenvalue weighted by molar-refractivity contribution is 0.102. The Bertz CT molecular complexity index is 1080. The van der Waals surface area contributed by atoms with Gasteiger partial charge in [0.25, 0.3) is 5.91 Å². The van der Waals surface area contributed by atoms with Gasteiger partial charge in [-0.05, 0) is 67.6 Å². The first-order chi connectivity index (χ1) is 15.0. The number of rotatable bonds is 5. The highest BCUT2D eigenvalue weighted by Crippen LogP contribution is 2.28. The van der Waals surface area contributed by atoms with Crippen LogP contribution in [0.15, 0.2) is 42.5 Å². The second-order valence-electron chi connectivity index (χ2n) is 8.25. The van der Waals surface area contributed by atoms with Crippen molar-refractivity contribution in [2.75, 3.05) is 37.5 Å². The molecule has 1 N–H and O–H groups in total. The number of carbonyl (C=O) groups excluding carboxylic acids is 1. The minimum absolute atomic E-state index is 0.221. The van der Waals surface area contributed by atoms with Crippen LogP contribution in [0, 0.1) is 12.8 Å². The summed E-state index contributed by atoms with van der Waals surface area (Å²) in [5.74, 6) is 2.75. The maximum atomic E-state index is 12.8. The standard InChI is InChI=1S/C25H29N3O3/c1-16-7-9-28(10-8-16)24-11-17(2)22-14-19(5-6-23(22)27-24)26-25(29)18-12-20(30-3)15-21(13-18)31-4/h5-6,11-16H,7-10H2,1-4H3,(H,26,29). The predicted octanol–water partition coefficient (Wildman–Crippen LogP) is 5.05. The van der Waals surface area contributed by atoms with Gasteiger partial charge in [-0.3, -0.25) is 4.79 Å². The Morgan fingerprint density at radius 2 is 1.71 bits per heavy atom. The Morgan fingerprint density at radius 3 is 2.35 bits per heavy atom. The first kappa shape index (κ1) is 21.0. The third-order valence-electron chi connectivity index (χ3n) is 5.98. The summed E-state index contributed by atoms with van der Waals surface area (Å²) in [5.41, 5.74) is 3.29. The fraction of sp³-hybridized carbons (Fsp3) is 0.360. The minimum atomic E-state index is -0.221. The van der Waals surface area contributed by atoms with Gasteiger partial charge in [-0.25, -0.2) is 4.98 Å². The van der Waals surface area contributed by atoms with E-state index in [-0.39, 0.29) is 5.91 Å². The highest BCUT2D eigenvalue weighted by molar-refractivity contribution is 6.05. The van der Waals surface area contributed by atoms with Crippen LogP contribution in [0.1, 0.15) is 35.7 Å². The van der Waals surface area contributed by atoms with Gasteiger partial charge in [0.15, 0.2) is 0 Å². The number of hydrogen-bond donors (Lipinski definition) is 1. The molecule has 1 saturated heterocycles. The maximum absolute atomic E-state index is 12.8. The lowest BCUT2D eigenvalue weighted by atomic mass is 9.99. The van der Waals surface area contributed by atoms with Crippen molar-refractivity contribution in [2.45, 2.75) is 26.7 Å². The summed E-state index contributed by atoms with van der Waals surface area (Å²) in [5, 5.41) is 4.01. The van der Waals surface area contributed by atoms with Crippen LogP contribution in [0.4, 0.5) is 11.5 Å². The highest BCUT2D eigenvalue weighted by atomic mass is 16.5. The molecular weight excluding hydrogens is 390 g/mol. The van der Waals surface area contributed by atoms with Crippen LogP contribution in [0.3, 0.4) is 0 Å². The van der Waals surface area contributed by atoms with Gasteiger partial charge in [0, 0.05) is 35.8 Å². The average molecular weight is 420 g/mol. The summed E-state index contributed by atoms with van der Waals surface area (Å²) in [4.78, 5) is 20.1. The topological polar surface area (TPSA) is 63.7 Å². The second kappa shape index (κ2) is 8.84. The number of anilines is 2. The summed E-state index contributed by atoms with van der Waals surface area (Å²) in [6.45, 7) is 6.51. The van der Waals surface area contributed by atoms with Gasteiger partial charge in [-0.15, -0.1) is 0 Å². The smallest absolute Gasteiger partial charge is 0.255 e. The van der Waals surface area contributed by atoms with Crippen molar-refractivity contribution < 1.29 is 14.3 Å². The van der Waals surface area contributed by atoms with Gasteiger partial charge in [-0.1, -0.05) is 6.92 Å². The fourth-order valence-electron chi connectivity index (χ4n) is 4.00. The van der Waals surface area contributed by atoms with Gasteiger partial charge < -0.3 is 19.7 Å². The summed E-state index contributed by atoms with van der Waals surface area (Å²) in [7, 11) is 3.13. The number of piperidine rings is 1. The predicted molar refractivity (Wildman–Crippen MR) is 125 cm³/mol. The molecule has 6 heteroatoms. The lowest BCUT2D eigenvalue weighted by Gasteiger charge is -2.31. The molecule has 162 valence electrons. The van der Waals surface area contributed by atoms with Crippen LogP contribution < -0.4 is 19.7 Å². The zero-order valence-corrected chi connectivity index (χ0v) is 18.6. The summed E-state index contributed by atoms with van der Waals surface area (Å²) >= 11 is 0. The minimum Gasteiger partial charge on any atom is -0.497 e. The van der Waals surface area contributed by atoms with Crippen LogP contribution in [0.25, 0.3) is 10.9 Å². The third-order valence-corrected chi connectivity index (χ3v) is 5.98. The van der Waals surface area contributed by atoms with E-state index in [4.69, 9.17) is 14.5 Å². The van der Waals surface area contributed by atoms with Crippen LogP contribution in [0.2, 0.25) is 0 Å². The molecule has 0 bridgehead atoms. The molecule has 1 aromatic heterocycles. The monoisotopic (exact) mass is 419 g/mol. The number of aromatic nitrogens is 1. The SMILES string of the molecule is COc1cc(OC)cc(C(=O)Nc2ccc3nc(N4CCC(C)CC4)cc(C)c3c2)c1. The quantitative estimate of drug-likeness (QED) is 0.627. The maximum Gasteiger partial charge on any atom is 0.255 e. The molecule has 3 aromatic rings. The normalized spacial score (nSPS) is 14.5. The molecule has 1 aliphatic heterocycles. The number of fused-ring (bicyclic) bond motifs is 1. The zero-order chi connectivity index (χ0) is 22.0. The Labute approximate surface area is 183 Å². The lowest BCUT2D eigenvalue weighted by Crippen LogP contribution is -2.33. The zero-order valence-electron chi connectivity index (χ0n) is 18.6. The first-order valence-corrected chi connectivity index (χ1v) is 10.7. The molecular formula is C25H29N3O3. The third kappa shape index (κ3) is 4.58. The largest absolute Gasteiger partial charge is 0.497 e. The molecule has 0 atom stereocenters. The Balaban J connectivity index is 1.57. The van der Waals surface area contributed by atoms with E-state index in [1.807, 2.05) is 18.2 Å². The van der Waals surface area contributed by atoms with E-state index in [0.29, 0.717) is 17.1 Å². The van der Waals surface area contributed by atoms with E-state index in [2.05, 4.69) is 30.1 Å². The molecule has 1 aliphatic rings. The number of amides is 1. The van der Waals surface area contributed by atoms with Crippen molar-refractivity contribution in [1.82, 2.24) is 4.98 Å². The van der Waals surface area contributed by atoms with E-state index in [1.165, 1.54) is 12.8 Å². The van der Waals surface area contributed by atoms with Gasteiger partial charge >= 0.3 is 0 Å². The number of hydrogen-bond acceptors (Lipinski definition) is 5. The fourth-order valence-corrected chi connectivity index (χ4v) is 4.00. The highest BCUT2D eigenvalue weighted by Gasteiger charge is 2.18. The van der Waals surface area contributed by atoms with E-state index in [0.717, 1.165) is 47.0 Å². The molecule has 4 rings (SSSR count). The average Bonchev–Trinajstić information content (AvgIpc) is 2.79. The molecule has 2 aromatic carbocycles. The molecule has 1 fully saturated rings. The van der Waals surface area contributed by atoms with E-state index >= 15 is 0 Å². The van der Waals surface area contributed by atoms with Gasteiger partial charge in [0.2, 0.25) is 0 Å². The molecule has 0 radical (unpaired) electrons. The number of carbonyl (C=O) groups is 1. The number of nitrogens with zero attached hydrogens (tertiary/aromatic N) is 2. The second-order valence-corrected chi connectivity index (χ2v) is 8.25. The Hall–Kier alpha value is -3.28. The van der Waals surface area contributed by atoms with Crippen molar-refractivity contribution in [3.63, 3.8) is 0 Å². The number of aryl methyl sites for hydroxylation is 1. The molecule has 31 heavy (non-hydrogen) atoms. The van der Waals surface area contributed by atoms with E-state index < -0.39 is 0 Å². The summed E-state index contributed by atoms with van der Waals surface area (Å²) in [6.07, 6.45) is 2.41. The number of pyridine rings is 1. The van der Waals surface area contributed by atoms with Crippen LogP contribution >= 0.6 is 0 Å². The van der Waals surface area contributed by atoms with Crippen LogP contribution in [0.5, 0.6) is 11.5 Å². The van der Waals surface area contributed by atoms with E-state index in [1.54, 1.807) is 32.4 Å². The van der Waals surface area contributed by atoms with Gasteiger partial charge in [-0.2, -0.15) is 0 Å². The van der Waals surface area contributed by atoms with Crippen molar-refractivity contribution in [2.24, 2.45) is 5.92 Å². The number of benzene rings is 2. The van der Waals surface area contributed by atoms with Crippen LogP contribution in [-0.2, 0) is 0 Å². The molecule has 0 spiro atoms. The Kier molecular flexibility index (Phi) is 5.98. The summed E-state index contributed by atoms with van der Waals surface area (Å²) < 4.78 is 10.5. The van der Waals surface area contributed by atoms with Crippen molar-refractivity contribution in [3.05, 3.63) is 53.6 Å². The van der Waals surface area contributed by atoms with Crippen molar-refractivity contribution >= 4 is 28.3 Å². The molecule has 6 nitrogen and oxygen atoms in total. The van der Waals surface area contributed by atoms with Crippen molar-refractivity contribution in [1.29, 1.82) is 0 Å². The number of methoxy groups -OCH3 is 2. The summed E-state index contributed by atoms with van der Waals surface area (Å²) in [6, 6.07) is 13.1. The Morgan fingerprint density at radius 1 is 1.03 bits per heavy atom. The molecule has 0 unspecified atom stereocenters. The number of nitrogens with one attached hydrogen (secondary N) is 1. The molecule has 2 heterocycles.